The molecule has 1 saturated heterocycles. The third-order valence-corrected chi connectivity index (χ3v) is 6.42. The van der Waals surface area contributed by atoms with Crippen LogP contribution in [0.3, 0.4) is 0 Å². The summed E-state index contributed by atoms with van der Waals surface area (Å²) in [5.74, 6) is 0.00134. The van der Waals surface area contributed by atoms with Crippen molar-refractivity contribution in [3.63, 3.8) is 0 Å². The zero-order valence-corrected chi connectivity index (χ0v) is 18.3. The second-order valence-electron chi connectivity index (χ2n) is 8.18. The van der Waals surface area contributed by atoms with E-state index < -0.39 is 5.54 Å². The van der Waals surface area contributed by atoms with Crippen molar-refractivity contribution < 1.29 is 9.53 Å². The summed E-state index contributed by atoms with van der Waals surface area (Å²) in [6.45, 7) is 5.90. The summed E-state index contributed by atoms with van der Waals surface area (Å²) in [7, 11) is 0. The lowest BCUT2D eigenvalue weighted by molar-refractivity contribution is -0.225. The number of amides is 1. The Kier molecular flexibility index (Phi) is 7.32. The molecule has 3 N–H and O–H groups in total. The molecule has 9 heteroatoms. The Morgan fingerprint density at radius 3 is 2.72 bits per heavy atom. The fourth-order valence-electron chi connectivity index (χ4n) is 4.73. The molecule has 2 heterocycles. The van der Waals surface area contributed by atoms with Crippen molar-refractivity contribution in [1.82, 2.24) is 20.1 Å². The van der Waals surface area contributed by atoms with E-state index in [0.29, 0.717) is 13.1 Å². The van der Waals surface area contributed by atoms with Crippen molar-refractivity contribution in [3.8, 4) is 0 Å². The number of fused-ring (bicyclic) bond motifs is 1. The van der Waals surface area contributed by atoms with Crippen LogP contribution in [0.4, 0.5) is 0 Å². The number of nitrogens with two attached hydrogens (primary N) is 1. The topological polar surface area (TPSA) is 95.1 Å². The van der Waals surface area contributed by atoms with Crippen LogP contribution < -0.4 is 11.1 Å². The number of rotatable bonds is 5. The summed E-state index contributed by atoms with van der Waals surface area (Å²) >= 11 is 0. The number of carbonyl (C=O) groups is 1. The van der Waals surface area contributed by atoms with Gasteiger partial charge in [0.1, 0.15) is 18.2 Å². The molecular weight excluding hydrogens is 413 g/mol. The predicted molar refractivity (Wildman–Crippen MR) is 115 cm³/mol. The largest absolute Gasteiger partial charge is 0.377 e. The zero-order valence-electron chi connectivity index (χ0n) is 16.7. The molecule has 0 spiro atoms. The van der Waals surface area contributed by atoms with E-state index in [1.807, 2.05) is 38.1 Å². The van der Waals surface area contributed by atoms with Crippen molar-refractivity contribution >= 4 is 30.7 Å². The average molecular weight is 442 g/mol. The van der Waals surface area contributed by atoms with Gasteiger partial charge in [-0.15, -0.1) is 24.8 Å². The first-order chi connectivity index (χ1) is 12.9. The number of nitrogens with zero attached hydrogens (tertiary/aromatic N) is 3. The second-order valence-corrected chi connectivity index (χ2v) is 8.18. The average Bonchev–Trinajstić information content (AvgIpc) is 3.19. The highest BCUT2D eigenvalue weighted by molar-refractivity contribution is 5.89. The van der Waals surface area contributed by atoms with Crippen molar-refractivity contribution in [2.75, 3.05) is 6.61 Å². The van der Waals surface area contributed by atoms with Gasteiger partial charge in [0, 0.05) is 24.5 Å². The van der Waals surface area contributed by atoms with E-state index in [9.17, 15) is 4.79 Å². The predicted octanol–water partition coefficient (Wildman–Crippen LogP) is 2.32. The number of hydrogen-bond acceptors (Lipinski definition) is 5. The molecule has 1 aliphatic heterocycles. The van der Waals surface area contributed by atoms with Crippen LogP contribution in [0.1, 0.15) is 37.8 Å². The number of carbonyl (C=O) groups excluding carboxylic acids is 1. The third kappa shape index (κ3) is 3.89. The Bertz CT molecular complexity index is 830. The molecule has 0 radical (unpaired) electrons. The van der Waals surface area contributed by atoms with Gasteiger partial charge >= 0.3 is 0 Å². The lowest BCUT2D eigenvalue weighted by Crippen LogP contribution is -2.82. The minimum Gasteiger partial charge on any atom is -0.377 e. The molecule has 3 atom stereocenters. The maximum absolute atomic E-state index is 13.1. The molecule has 7 nitrogen and oxygen atoms in total. The lowest BCUT2D eigenvalue weighted by Gasteiger charge is -2.65. The van der Waals surface area contributed by atoms with Gasteiger partial charge < -0.3 is 15.8 Å². The molecule has 1 aromatic heterocycles. The molecule has 29 heavy (non-hydrogen) atoms. The highest BCUT2D eigenvalue weighted by atomic mass is 35.5. The van der Waals surface area contributed by atoms with Crippen LogP contribution in [0.2, 0.25) is 0 Å². The van der Waals surface area contributed by atoms with Crippen LogP contribution in [0.15, 0.2) is 36.9 Å². The molecule has 2 aromatic rings. The molecule has 2 fully saturated rings. The first-order valence-electron chi connectivity index (χ1n) is 9.52. The Hall–Kier alpha value is -1.67. The number of aromatic nitrogens is 3. The van der Waals surface area contributed by atoms with Gasteiger partial charge in [-0.3, -0.25) is 4.79 Å². The van der Waals surface area contributed by atoms with E-state index >= 15 is 0 Å². The lowest BCUT2D eigenvalue weighted by atomic mass is 9.46. The third-order valence-electron chi connectivity index (χ3n) is 6.42. The van der Waals surface area contributed by atoms with Gasteiger partial charge in [-0.25, -0.2) is 9.67 Å². The summed E-state index contributed by atoms with van der Waals surface area (Å²) in [4.78, 5) is 17.1. The maximum atomic E-state index is 13.1. The van der Waals surface area contributed by atoms with E-state index in [-0.39, 0.29) is 48.2 Å². The van der Waals surface area contributed by atoms with Crippen LogP contribution in [-0.2, 0) is 22.6 Å². The van der Waals surface area contributed by atoms with Gasteiger partial charge in [0.15, 0.2) is 0 Å². The van der Waals surface area contributed by atoms with E-state index in [1.54, 1.807) is 11.0 Å². The summed E-state index contributed by atoms with van der Waals surface area (Å²) in [6.07, 6.45) is 5.18. The summed E-state index contributed by atoms with van der Waals surface area (Å²) in [5, 5.41) is 7.24. The normalized spacial score (nSPS) is 26.9. The molecule has 0 bridgehead atoms. The minimum atomic E-state index is -0.890. The van der Waals surface area contributed by atoms with Gasteiger partial charge in [0.2, 0.25) is 5.91 Å². The maximum Gasteiger partial charge on any atom is 0.241 e. The van der Waals surface area contributed by atoms with Crippen molar-refractivity contribution in [2.24, 2.45) is 17.1 Å². The van der Waals surface area contributed by atoms with E-state index in [1.165, 1.54) is 6.33 Å². The van der Waals surface area contributed by atoms with Crippen molar-refractivity contribution in [3.05, 3.63) is 48.0 Å². The minimum absolute atomic E-state index is 0. The monoisotopic (exact) mass is 441 g/mol. The molecule has 160 valence electrons. The summed E-state index contributed by atoms with van der Waals surface area (Å²) < 4.78 is 7.67. The molecule has 1 amide bonds. The zero-order chi connectivity index (χ0) is 19.1. The molecule has 4 rings (SSSR count). The van der Waals surface area contributed by atoms with E-state index in [2.05, 4.69) is 15.4 Å². The highest BCUT2D eigenvalue weighted by Gasteiger charge is 2.70. The summed E-state index contributed by atoms with van der Waals surface area (Å²) in [6, 6.07) is 8.03. The Labute approximate surface area is 183 Å². The van der Waals surface area contributed by atoms with Crippen molar-refractivity contribution in [2.45, 2.75) is 51.4 Å². The fraction of sp³-hybridized carbons (Fsp3) is 0.550. The first-order valence-corrected chi connectivity index (χ1v) is 9.52. The number of hydrogen-bond donors (Lipinski definition) is 2. The Balaban J connectivity index is 0.00000150. The van der Waals surface area contributed by atoms with Crippen molar-refractivity contribution in [1.29, 1.82) is 0 Å². The fourth-order valence-corrected chi connectivity index (χ4v) is 4.73. The molecule has 1 aromatic carbocycles. The van der Waals surface area contributed by atoms with Gasteiger partial charge in [0.05, 0.1) is 12.6 Å². The standard InChI is InChI=1S/C20H27N5O2.2ClH/c1-19(2)17-16(8-5-9-27-17)20(19,21)18(26)23-10-14-6-3-4-7-15(14)11-25-13-22-12-24-25;;/h3-4,6-7,12-13,16-17H,5,8-11,21H2,1-2H3,(H,23,26);2*1H. The molecule has 2 aliphatic rings. The smallest absolute Gasteiger partial charge is 0.241 e. The van der Waals surface area contributed by atoms with Gasteiger partial charge in [0.25, 0.3) is 0 Å². The number of benzene rings is 1. The quantitative estimate of drug-likeness (QED) is 0.741. The number of halogens is 2. The summed E-state index contributed by atoms with van der Waals surface area (Å²) in [5.41, 5.74) is 7.57. The van der Waals surface area contributed by atoms with Crippen LogP contribution in [-0.4, -0.2) is 38.9 Å². The van der Waals surface area contributed by atoms with Gasteiger partial charge in [-0.2, -0.15) is 5.10 Å². The molecular formula is C20H29Cl2N5O2. The van der Waals surface area contributed by atoms with Crippen LogP contribution >= 0.6 is 24.8 Å². The molecule has 3 unspecified atom stereocenters. The van der Waals surface area contributed by atoms with E-state index in [4.69, 9.17) is 10.5 Å². The Morgan fingerprint density at radius 1 is 1.31 bits per heavy atom. The second kappa shape index (κ2) is 9.00. The van der Waals surface area contributed by atoms with Crippen LogP contribution in [0.25, 0.3) is 0 Å². The number of ether oxygens (including phenoxy) is 1. The molecule has 1 saturated carbocycles. The Morgan fingerprint density at radius 2 is 2.03 bits per heavy atom. The van der Waals surface area contributed by atoms with Gasteiger partial charge in [-0.05, 0) is 24.0 Å². The van der Waals surface area contributed by atoms with Crippen LogP contribution in [0, 0.1) is 11.3 Å². The number of nitrogens with one attached hydrogen (secondary N) is 1. The molecule has 1 aliphatic carbocycles. The van der Waals surface area contributed by atoms with E-state index in [0.717, 1.165) is 30.6 Å². The van der Waals surface area contributed by atoms with Gasteiger partial charge in [-0.1, -0.05) is 38.1 Å². The van der Waals surface area contributed by atoms with Crippen LogP contribution in [0.5, 0.6) is 0 Å². The highest BCUT2D eigenvalue weighted by Crippen LogP contribution is 2.57. The SMILES string of the molecule is CC1(C)C2OCCCC2C1(N)C(=O)NCc1ccccc1Cn1cncn1.Cl.Cl. The first kappa shape index (κ1) is 23.6.